The van der Waals surface area contributed by atoms with E-state index >= 15 is 0 Å². The highest BCUT2D eigenvalue weighted by atomic mass is 32.2. The number of aliphatic imine (C=N–C) groups is 1. The van der Waals surface area contributed by atoms with Crippen molar-refractivity contribution in [1.29, 1.82) is 0 Å². The summed E-state index contributed by atoms with van der Waals surface area (Å²) < 4.78 is 0. The Morgan fingerprint density at radius 2 is 1.57 bits per heavy atom. The maximum Gasteiger partial charge on any atom is 0.260 e. The second-order valence-electron chi connectivity index (χ2n) is 9.27. The summed E-state index contributed by atoms with van der Waals surface area (Å²) in [7, 11) is 0. The third-order valence-electron chi connectivity index (χ3n) is 6.55. The molecular formula is C30H32N4O2S. The number of thioether (sulfide) groups is 1. The summed E-state index contributed by atoms with van der Waals surface area (Å²) in [5.41, 5.74) is 14.3. The number of nitrogens with one attached hydrogen (secondary N) is 2. The predicted octanol–water partition coefficient (Wildman–Crippen LogP) is 6.12. The van der Waals surface area contributed by atoms with Crippen molar-refractivity contribution in [3.63, 3.8) is 0 Å². The number of para-hydroxylation sites is 1. The van der Waals surface area contributed by atoms with Crippen molar-refractivity contribution in [2.75, 3.05) is 10.6 Å². The molecule has 1 aliphatic heterocycles. The van der Waals surface area contributed by atoms with Crippen molar-refractivity contribution in [3.05, 3.63) is 99.8 Å². The highest BCUT2D eigenvalue weighted by Gasteiger charge is 2.38. The number of aryl methyl sites for hydroxylation is 5. The van der Waals surface area contributed by atoms with Gasteiger partial charge in [-0.25, -0.2) is 4.99 Å². The lowest BCUT2D eigenvalue weighted by Crippen LogP contribution is -2.29. The summed E-state index contributed by atoms with van der Waals surface area (Å²) in [6.07, 6.45) is 0.916. The van der Waals surface area contributed by atoms with Crippen LogP contribution in [0, 0.1) is 27.7 Å². The van der Waals surface area contributed by atoms with E-state index in [2.05, 4.69) is 17.6 Å². The number of nitrogens with two attached hydrogens (primary N) is 1. The normalized spacial score (nSPS) is 16.2. The van der Waals surface area contributed by atoms with E-state index in [1.54, 1.807) is 0 Å². The van der Waals surface area contributed by atoms with Crippen LogP contribution in [0.2, 0.25) is 0 Å². The molecule has 1 atom stereocenters. The lowest BCUT2D eigenvalue weighted by atomic mass is 10.1. The Kier molecular flexibility index (Phi) is 7.83. The molecule has 0 spiro atoms. The number of benzene rings is 3. The van der Waals surface area contributed by atoms with E-state index in [0.717, 1.165) is 34.4 Å². The molecule has 0 radical (unpaired) electrons. The van der Waals surface area contributed by atoms with E-state index in [0.29, 0.717) is 16.4 Å². The zero-order chi connectivity index (χ0) is 26.7. The lowest BCUT2D eigenvalue weighted by Gasteiger charge is -2.13. The minimum Gasteiger partial charge on any atom is -0.400 e. The molecule has 0 bridgehead atoms. The van der Waals surface area contributed by atoms with Crippen LogP contribution >= 0.6 is 11.8 Å². The van der Waals surface area contributed by atoms with Gasteiger partial charge in [-0.1, -0.05) is 55.1 Å². The van der Waals surface area contributed by atoms with Crippen LogP contribution in [0.15, 0.2) is 76.9 Å². The van der Waals surface area contributed by atoms with Gasteiger partial charge in [0.25, 0.3) is 5.91 Å². The molecular weight excluding hydrogens is 480 g/mol. The Hall–Kier alpha value is -3.84. The SMILES string of the molecule is CCc1ccc(NC(=O)[C@H]2SC(=Nc3ccc(C)c(C)c3)C(C(=O)Nc3c(C)cccc3C)=C2N)cc1. The zero-order valence-electron chi connectivity index (χ0n) is 21.8. The van der Waals surface area contributed by atoms with Crippen LogP contribution in [0.5, 0.6) is 0 Å². The first-order chi connectivity index (χ1) is 17.7. The number of carbonyl (C=O) groups is 2. The van der Waals surface area contributed by atoms with E-state index in [1.807, 2.05) is 88.4 Å². The molecule has 3 aromatic carbocycles. The predicted molar refractivity (Wildman–Crippen MR) is 155 cm³/mol. The summed E-state index contributed by atoms with van der Waals surface area (Å²) in [4.78, 5) is 31.6. The average molecular weight is 513 g/mol. The monoisotopic (exact) mass is 512 g/mol. The molecule has 0 saturated carbocycles. The van der Waals surface area contributed by atoms with Gasteiger partial charge >= 0.3 is 0 Å². The Balaban J connectivity index is 1.69. The van der Waals surface area contributed by atoms with E-state index in [4.69, 9.17) is 10.7 Å². The Bertz CT molecular complexity index is 1400. The number of hydrogen-bond donors (Lipinski definition) is 3. The van der Waals surface area contributed by atoms with Crippen molar-refractivity contribution in [2.45, 2.75) is 46.3 Å². The molecule has 0 aliphatic carbocycles. The molecule has 3 aromatic rings. The van der Waals surface area contributed by atoms with Crippen molar-refractivity contribution in [3.8, 4) is 0 Å². The summed E-state index contributed by atoms with van der Waals surface area (Å²) in [5, 5.41) is 5.58. The molecule has 0 fully saturated rings. The quantitative estimate of drug-likeness (QED) is 0.371. The molecule has 6 nitrogen and oxygen atoms in total. The fourth-order valence-electron chi connectivity index (χ4n) is 4.13. The van der Waals surface area contributed by atoms with Crippen LogP contribution in [0.25, 0.3) is 0 Å². The molecule has 0 aromatic heterocycles. The van der Waals surface area contributed by atoms with E-state index in [9.17, 15) is 9.59 Å². The van der Waals surface area contributed by atoms with Gasteiger partial charge in [0.15, 0.2) is 0 Å². The average Bonchev–Trinajstić information content (AvgIpc) is 3.20. The molecule has 2 amide bonds. The van der Waals surface area contributed by atoms with Crippen LogP contribution in [0.1, 0.15) is 34.7 Å². The highest BCUT2D eigenvalue weighted by molar-refractivity contribution is 8.16. The number of nitrogens with zero attached hydrogens (tertiary/aromatic N) is 1. The Morgan fingerprint density at radius 3 is 2.19 bits per heavy atom. The standard InChI is InChI=1S/C30H32N4O2S/c1-6-21-11-14-22(15-12-21)32-29(36)27-25(31)24(28(35)34-26-18(3)8-7-9-19(26)4)30(37-27)33-23-13-10-17(2)20(5)16-23/h7-16,27H,6,31H2,1-5H3,(H,32,36)(H,34,35)/t27-/m0/s1. The fourth-order valence-corrected chi connectivity index (χ4v) is 5.25. The van der Waals surface area contributed by atoms with Crippen molar-refractivity contribution >= 4 is 45.7 Å². The van der Waals surface area contributed by atoms with Crippen LogP contribution in [0.4, 0.5) is 17.1 Å². The van der Waals surface area contributed by atoms with Gasteiger partial charge in [-0.3, -0.25) is 9.59 Å². The third kappa shape index (κ3) is 5.78. The van der Waals surface area contributed by atoms with Crippen LogP contribution in [-0.4, -0.2) is 22.1 Å². The van der Waals surface area contributed by atoms with E-state index in [1.165, 1.54) is 17.3 Å². The summed E-state index contributed by atoms with van der Waals surface area (Å²) >= 11 is 1.19. The molecule has 190 valence electrons. The van der Waals surface area contributed by atoms with E-state index < -0.39 is 5.25 Å². The summed E-state index contributed by atoms with van der Waals surface area (Å²) in [6, 6.07) is 19.4. The Morgan fingerprint density at radius 1 is 0.892 bits per heavy atom. The summed E-state index contributed by atoms with van der Waals surface area (Å²) in [5.74, 6) is -0.679. The number of carbonyl (C=O) groups excluding carboxylic acids is 2. The van der Waals surface area contributed by atoms with Gasteiger partial charge in [0.1, 0.15) is 10.3 Å². The van der Waals surface area contributed by atoms with Gasteiger partial charge in [-0.15, -0.1) is 0 Å². The second kappa shape index (κ2) is 11.0. The number of anilines is 2. The molecule has 4 N–H and O–H groups in total. The van der Waals surface area contributed by atoms with Crippen LogP contribution in [-0.2, 0) is 16.0 Å². The molecule has 1 heterocycles. The third-order valence-corrected chi connectivity index (χ3v) is 7.77. The number of hydrogen-bond acceptors (Lipinski definition) is 5. The second-order valence-corrected chi connectivity index (χ2v) is 10.4. The van der Waals surface area contributed by atoms with Gasteiger partial charge < -0.3 is 16.4 Å². The first-order valence-electron chi connectivity index (χ1n) is 12.3. The Labute approximate surface area is 222 Å². The highest BCUT2D eigenvalue weighted by Crippen LogP contribution is 2.36. The molecule has 0 saturated heterocycles. The van der Waals surface area contributed by atoms with Crippen LogP contribution < -0.4 is 16.4 Å². The fraction of sp³-hybridized carbons (Fsp3) is 0.233. The molecule has 37 heavy (non-hydrogen) atoms. The molecule has 4 rings (SSSR count). The molecule has 7 heteroatoms. The zero-order valence-corrected chi connectivity index (χ0v) is 22.6. The smallest absolute Gasteiger partial charge is 0.260 e. The van der Waals surface area contributed by atoms with Crippen molar-refractivity contribution in [1.82, 2.24) is 0 Å². The molecule has 1 aliphatic rings. The van der Waals surface area contributed by atoms with Gasteiger partial charge in [-0.05, 0) is 86.2 Å². The number of rotatable bonds is 6. The number of amides is 2. The minimum atomic E-state index is -0.783. The largest absolute Gasteiger partial charge is 0.400 e. The lowest BCUT2D eigenvalue weighted by molar-refractivity contribution is -0.115. The van der Waals surface area contributed by atoms with Crippen molar-refractivity contribution < 1.29 is 9.59 Å². The van der Waals surface area contributed by atoms with Gasteiger partial charge in [-0.2, -0.15) is 0 Å². The van der Waals surface area contributed by atoms with Crippen molar-refractivity contribution in [2.24, 2.45) is 10.7 Å². The minimum absolute atomic E-state index is 0.194. The van der Waals surface area contributed by atoms with Gasteiger partial charge in [0.05, 0.1) is 11.3 Å². The topological polar surface area (TPSA) is 96.6 Å². The van der Waals surface area contributed by atoms with Gasteiger partial charge in [0, 0.05) is 17.1 Å². The summed E-state index contributed by atoms with van der Waals surface area (Å²) in [6.45, 7) is 10.0. The van der Waals surface area contributed by atoms with E-state index in [-0.39, 0.29) is 23.1 Å². The maximum absolute atomic E-state index is 13.6. The molecule has 0 unspecified atom stereocenters. The van der Waals surface area contributed by atoms with Crippen LogP contribution in [0.3, 0.4) is 0 Å². The maximum atomic E-state index is 13.6. The first-order valence-corrected chi connectivity index (χ1v) is 13.2. The van der Waals surface area contributed by atoms with Gasteiger partial charge in [0.2, 0.25) is 5.91 Å². The first kappa shape index (κ1) is 26.2.